The fraction of sp³-hybridized carbons (Fsp3) is 0.867. The summed E-state index contributed by atoms with van der Waals surface area (Å²) < 4.78 is 5.11. The molecule has 0 aliphatic heterocycles. The molecule has 2 atom stereocenters. The Hall–Kier alpha value is -0.900. The minimum atomic E-state index is -1.14. The van der Waals surface area contributed by atoms with Crippen LogP contribution < -0.4 is 0 Å². The molecule has 1 rings (SSSR count). The molecular weight excluding hydrogens is 244 g/mol. The van der Waals surface area contributed by atoms with Gasteiger partial charge in [-0.05, 0) is 39.0 Å². The molecule has 4 nitrogen and oxygen atoms in total. The summed E-state index contributed by atoms with van der Waals surface area (Å²) >= 11 is 0. The van der Waals surface area contributed by atoms with Gasteiger partial charge in [0.15, 0.2) is 0 Å². The molecule has 1 aliphatic carbocycles. The molecule has 0 amide bonds. The predicted molar refractivity (Wildman–Crippen MR) is 72.6 cm³/mol. The molecule has 2 unspecified atom stereocenters. The average molecular weight is 270 g/mol. The van der Waals surface area contributed by atoms with Gasteiger partial charge in [-0.3, -0.25) is 9.59 Å². The fourth-order valence-electron chi connectivity index (χ4n) is 2.65. The summed E-state index contributed by atoms with van der Waals surface area (Å²) in [6.45, 7) is 7.48. The highest BCUT2D eigenvalue weighted by molar-refractivity contribution is 6.04. The van der Waals surface area contributed by atoms with Crippen LogP contribution in [0.1, 0.15) is 59.8 Å². The first-order valence-electron chi connectivity index (χ1n) is 7.19. The summed E-state index contributed by atoms with van der Waals surface area (Å²) in [7, 11) is 0. The van der Waals surface area contributed by atoms with E-state index < -0.39 is 17.0 Å². The highest BCUT2D eigenvalue weighted by atomic mass is 16.5. The number of aliphatic hydroxyl groups is 1. The van der Waals surface area contributed by atoms with Crippen LogP contribution in [0.4, 0.5) is 0 Å². The number of Topliss-reactive ketones (excluding diaryl/α,β-unsaturated/α-hetero) is 1. The second-order valence-electron chi connectivity index (χ2n) is 6.12. The molecule has 0 saturated heterocycles. The van der Waals surface area contributed by atoms with Gasteiger partial charge in [0.1, 0.15) is 11.2 Å². The van der Waals surface area contributed by atoms with Crippen molar-refractivity contribution in [1.82, 2.24) is 0 Å². The van der Waals surface area contributed by atoms with Gasteiger partial charge in [-0.15, -0.1) is 0 Å². The van der Waals surface area contributed by atoms with E-state index in [-0.39, 0.29) is 24.7 Å². The van der Waals surface area contributed by atoms with E-state index in [1.807, 2.05) is 13.8 Å². The molecule has 0 radical (unpaired) electrons. The van der Waals surface area contributed by atoms with E-state index in [1.165, 1.54) is 0 Å². The Kier molecular flexibility index (Phi) is 5.13. The predicted octanol–water partition coefficient (Wildman–Crippen LogP) is 2.48. The van der Waals surface area contributed by atoms with Gasteiger partial charge < -0.3 is 9.84 Å². The van der Waals surface area contributed by atoms with E-state index in [0.717, 1.165) is 12.8 Å². The van der Waals surface area contributed by atoms with E-state index in [9.17, 15) is 14.7 Å². The van der Waals surface area contributed by atoms with Crippen LogP contribution in [-0.4, -0.2) is 29.1 Å². The van der Waals surface area contributed by atoms with Crippen molar-refractivity contribution in [2.75, 3.05) is 6.61 Å². The SMILES string of the molecule is CCOC(=O)C1(CC(C)(O)C(C)C)CCCCC1=O. The third-order valence-corrected chi connectivity index (χ3v) is 4.36. The topological polar surface area (TPSA) is 63.6 Å². The number of rotatable bonds is 5. The Labute approximate surface area is 115 Å². The Morgan fingerprint density at radius 3 is 2.58 bits per heavy atom. The minimum Gasteiger partial charge on any atom is -0.465 e. The van der Waals surface area contributed by atoms with E-state index in [4.69, 9.17) is 4.74 Å². The number of ether oxygens (including phenoxy) is 1. The van der Waals surface area contributed by atoms with Gasteiger partial charge in [-0.1, -0.05) is 20.3 Å². The standard InChI is InChI=1S/C15H26O4/c1-5-19-13(17)15(9-7-6-8-12(15)16)10-14(4,18)11(2)3/h11,18H,5-10H2,1-4H3. The average Bonchev–Trinajstić information content (AvgIpc) is 2.32. The van der Waals surface area contributed by atoms with Crippen LogP contribution in [0.25, 0.3) is 0 Å². The number of hydrogen-bond donors (Lipinski definition) is 1. The minimum absolute atomic E-state index is 0.0199. The van der Waals surface area contributed by atoms with Crippen LogP contribution in [0.3, 0.4) is 0 Å². The van der Waals surface area contributed by atoms with Crippen LogP contribution in [0.15, 0.2) is 0 Å². The molecule has 1 aliphatic rings. The van der Waals surface area contributed by atoms with Crippen LogP contribution in [-0.2, 0) is 14.3 Å². The van der Waals surface area contributed by atoms with Crippen LogP contribution in [0, 0.1) is 11.3 Å². The monoisotopic (exact) mass is 270 g/mol. The lowest BCUT2D eigenvalue weighted by atomic mass is 9.65. The number of ketones is 1. The van der Waals surface area contributed by atoms with Crippen LogP contribution >= 0.6 is 0 Å². The Morgan fingerprint density at radius 2 is 2.11 bits per heavy atom. The first kappa shape index (κ1) is 16.2. The molecule has 0 aromatic heterocycles. The Bertz CT molecular complexity index is 346. The first-order chi connectivity index (χ1) is 8.76. The van der Waals surface area contributed by atoms with Crippen molar-refractivity contribution in [3.8, 4) is 0 Å². The number of esters is 1. The Morgan fingerprint density at radius 1 is 1.47 bits per heavy atom. The summed E-state index contributed by atoms with van der Waals surface area (Å²) in [6, 6.07) is 0. The van der Waals surface area contributed by atoms with Crippen molar-refractivity contribution >= 4 is 11.8 Å². The molecule has 0 aromatic carbocycles. The lowest BCUT2D eigenvalue weighted by Gasteiger charge is -2.40. The first-order valence-corrected chi connectivity index (χ1v) is 7.19. The zero-order valence-electron chi connectivity index (χ0n) is 12.5. The van der Waals surface area contributed by atoms with Crippen molar-refractivity contribution in [2.24, 2.45) is 11.3 Å². The van der Waals surface area contributed by atoms with Crippen molar-refractivity contribution in [3.63, 3.8) is 0 Å². The summed E-state index contributed by atoms with van der Waals surface area (Å²) in [5.41, 5.74) is -2.18. The van der Waals surface area contributed by atoms with Gasteiger partial charge in [0.25, 0.3) is 0 Å². The number of carbonyl (C=O) groups excluding carboxylic acids is 2. The lowest BCUT2D eigenvalue weighted by molar-refractivity contribution is -0.168. The zero-order valence-corrected chi connectivity index (χ0v) is 12.5. The molecule has 0 spiro atoms. The van der Waals surface area contributed by atoms with Gasteiger partial charge in [0.05, 0.1) is 12.2 Å². The van der Waals surface area contributed by atoms with Gasteiger partial charge >= 0.3 is 5.97 Å². The fourth-order valence-corrected chi connectivity index (χ4v) is 2.65. The van der Waals surface area contributed by atoms with Crippen molar-refractivity contribution in [2.45, 2.75) is 65.4 Å². The smallest absolute Gasteiger partial charge is 0.319 e. The molecule has 0 aromatic rings. The molecule has 4 heteroatoms. The van der Waals surface area contributed by atoms with Gasteiger partial charge in [-0.25, -0.2) is 0 Å². The number of carbonyl (C=O) groups is 2. The summed E-state index contributed by atoms with van der Waals surface area (Å²) in [6.07, 6.45) is 2.72. The molecule has 0 bridgehead atoms. The summed E-state index contributed by atoms with van der Waals surface area (Å²) in [5, 5.41) is 10.5. The summed E-state index contributed by atoms with van der Waals surface area (Å²) in [5.74, 6) is -0.549. The third-order valence-electron chi connectivity index (χ3n) is 4.36. The molecule has 1 fully saturated rings. The maximum absolute atomic E-state index is 12.3. The van der Waals surface area contributed by atoms with E-state index in [0.29, 0.717) is 12.8 Å². The number of hydrogen-bond acceptors (Lipinski definition) is 4. The molecule has 110 valence electrons. The van der Waals surface area contributed by atoms with Crippen LogP contribution in [0.2, 0.25) is 0 Å². The molecule has 0 heterocycles. The van der Waals surface area contributed by atoms with Gasteiger partial charge in [-0.2, -0.15) is 0 Å². The second-order valence-corrected chi connectivity index (χ2v) is 6.12. The van der Waals surface area contributed by atoms with Crippen LogP contribution in [0.5, 0.6) is 0 Å². The third kappa shape index (κ3) is 3.35. The quantitative estimate of drug-likeness (QED) is 0.616. The Balaban J connectivity index is 3.05. The second kappa shape index (κ2) is 6.04. The van der Waals surface area contributed by atoms with Crippen molar-refractivity contribution in [1.29, 1.82) is 0 Å². The highest BCUT2D eigenvalue weighted by Gasteiger charge is 2.51. The van der Waals surface area contributed by atoms with Gasteiger partial charge in [0, 0.05) is 6.42 Å². The maximum atomic E-state index is 12.3. The van der Waals surface area contributed by atoms with E-state index >= 15 is 0 Å². The van der Waals surface area contributed by atoms with E-state index in [1.54, 1.807) is 13.8 Å². The lowest BCUT2D eigenvalue weighted by Crippen LogP contribution is -2.49. The van der Waals surface area contributed by atoms with Crippen molar-refractivity contribution < 1.29 is 19.4 Å². The summed E-state index contributed by atoms with van der Waals surface area (Å²) in [4.78, 5) is 24.6. The highest BCUT2D eigenvalue weighted by Crippen LogP contribution is 2.43. The molecule has 1 saturated carbocycles. The maximum Gasteiger partial charge on any atom is 0.319 e. The van der Waals surface area contributed by atoms with Gasteiger partial charge in [0.2, 0.25) is 0 Å². The zero-order chi connectivity index (χ0) is 14.7. The molecular formula is C15H26O4. The molecule has 19 heavy (non-hydrogen) atoms. The normalized spacial score (nSPS) is 27.2. The van der Waals surface area contributed by atoms with E-state index in [2.05, 4.69) is 0 Å². The molecule has 1 N–H and O–H groups in total. The largest absolute Gasteiger partial charge is 0.465 e. The van der Waals surface area contributed by atoms with Crippen molar-refractivity contribution in [3.05, 3.63) is 0 Å².